The van der Waals surface area contributed by atoms with Gasteiger partial charge in [-0.1, -0.05) is 0 Å². The van der Waals surface area contributed by atoms with Gasteiger partial charge in [-0.3, -0.25) is 0 Å². The summed E-state index contributed by atoms with van der Waals surface area (Å²) in [6.45, 7) is 3.68. The Morgan fingerprint density at radius 2 is 1.88 bits per heavy atom. The summed E-state index contributed by atoms with van der Waals surface area (Å²) in [5, 5.41) is 19.3. The molecular formula is C21H25ClFN7O2. The zero-order chi connectivity index (χ0) is 21.6. The number of imidazole rings is 2. The molecular weight excluding hydrogens is 437 g/mol. The van der Waals surface area contributed by atoms with E-state index >= 15 is 0 Å². The third-order valence-electron chi connectivity index (χ3n) is 6.33. The van der Waals surface area contributed by atoms with Gasteiger partial charge in [-0.15, -0.1) is 12.4 Å². The van der Waals surface area contributed by atoms with Crippen molar-refractivity contribution in [1.29, 1.82) is 0 Å². The SMILES string of the molecule is CCn1cnc2cc(-c3nc(N4CCC(CO)(CO)CC4)nc4nc[nH]c34)cc(F)c21.Cl. The van der Waals surface area contributed by atoms with Gasteiger partial charge in [0, 0.05) is 30.6 Å². The molecule has 1 saturated heterocycles. The molecule has 5 rings (SSSR count). The Morgan fingerprint density at radius 3 is 2.56 bits per heavy atom. The van der Waals surface area contributed by atoms with Crippen LogP contribution in [0.25, 0.3) is 33.5 Å². The molecule has 3 N–H and O–H groups in total. The highest BCUT2D eigenvalue weighted by Gasteiger charge is 2.34. The number of piperidine rings is 1. The van der Waals surface area contributed by atoms with Crippen molar-refractivity contribution in [3.05, 3.63) is 30.6 Å². The van der Waals surface area contributed by atoms with Crippen molar-refractivity contribution in [2.75, 3.05) is 31.2 Å². The largest absolute Gasteiger partial charge is 0.396 e. The van der Waals surface area contributed by atoms with Crippen molar-refractivity contribution < 1.29 is 14.6 Å². The monoisotopic (exact) mass is 461 g/mol. The van der Waals surface area contributed by atoms with Crippen LogP contribution in [0.15, 0.2) is 24.8 Å². The second kappa shape index (κ2) is 8.61. The first-order valence-corrected chi connectivity index (χ1v) is 10.4. The minimum Gasteiger partial charge on any atom is -0.396 e. The zero-order valence-electron chi connectivity index (χ0n) is 17.6. The number of aryl methyl sites for hydroxylation is 1. The molecule has 0 aliphatic carbocycles. The van der Waals surface area contributed by atoms with Crippen LogP contribution in [-0.4, -0.2) is 66.0 Å². The van der Waals surface area contributed by atoms with Gasteiger partial charge < -0.3 is 24.7 Å². The van der Waals surface area contributed by atoms with Crippen LogP contribution in [0.1, 0.15) is 19.8 Å². The smallest absolute Gasteiger partial charge is 0.228 e. The van der Waals surface area contributed by atoms with Gasteiger partial charge >= 0.3 is 0 Å². The highest BCUT2D eigenvalue weighted by atomic mass is 35.5. The molecule has 0 amide bonds. The minimum absolute atomic E-state index is 0. The fraction of sp³-hybridized carbons (Fsp3) is 0.429. The van der Waals surface area contributed by atoms with Crippen molar-refractivity contribution in [3.63, 3.8) is 0 Å². The molecule has 11 heteroatoms. The van der Waals surface area contributed by atoms with E-state index < -0.39 is 5.41 Å². The number of nitrogens with one attached hydrogen (secondary N) is 1. The second-order valence-electron chi connectivity index (χ2n) is 8.13. The molecule has 4 aromatic rings. The minimum atomic E-state index is -0.470. The molecule has 0 bridgehead atoms. The number of anilines is 1. The molecule has 1 fully saturated rings. The number of fused-ring (bicyclic) bond motifs is 2. The van der Waals surface area contributed by atoms with Crippen LogP contribution in [0, 0.1) is 11.2 Å². The number of H-pyrrole nitrogens is 1. The predicted octanol–water partition coefficient (Wildman–Crippen LogP) is 2.52. The summed E-state index contributed by atoms with van der Waals surface area (Å²) in [4.78, 5) is 23.1. The number of aromatic amines is 1. The van der Waals surface area contributed by atoms with Gasteiger partial charge in [0.15, 0.2) is 5.65 Å². The number of rotatable bonds is 5. The standard InChI is InChI=1S/C21H24FN7O2.ClH/c1-2-28-12-25-15-8-13(7-14(22)18(15)28)16-17-19(24-11-23-17)27-20(26-16)29-5-3-21(9-30,10-31)4-6-29;/h7-8,11-12,30-31H,2-6,9-10H2,1H3,(H,23,24,26,27);1H. The third kappa shape index (κ3) is 3.58. The van der Waals surface area contributed by atoms with Crippen molar-refractivity contribution in [2.45, 2.75) is 26.3 Å². The number of aliphatic hydroxyl groups is 2. The fourth-order valence-corrected chi connectivity index (χ4v) is 4.25. The van der Waals surface area contributed by atoms with E-state index in [-0.39, 0.29) is 31.4 Å². The molecule has 0 spiro atoms. The highest BCUT2D eigenvalue weighted by molar-refractivity contribution is 5.91. The Morgan fingerprint density at radius 1 is 1.12 bits per heavy atom. The van der Waals surface area contributed by atoms with Crippen molar-refractivity contribution >= 4 is 40.6 Å². The second-order valence-corrected chi connectivity index (χ2v) is 8.13. The summed E-state index contributed by atoms with van der Waals surface area (Å²) in [7, 11) is 0. The molecule has 4 heterocycles. The van der Waals surface area contributed by atoms with E-state index in [2.05, 4.69) is 19.9 Å². The van der Waals surface area contributed by atoms with E-state index in [1.807, 2.05) is 17.9 Å². The van der Waals surface area contributed by atoms with E-state index in [4.69, 9.17) is 4.98 Å². The van der Waals surface area contributed by atoms with Crippen LogP contribution >= 0.6 is 12.4 Å². The summed E-state index contributed by atoms with van der Waals surface area (Å²) in [5.74, 6) is 0.145. The molecule has 3 aromatic heterocycles. The van der Waals surface area contributed by atoms with Gasteiger partial charge in [0.2, 0.25) is 5.95 Å². The Kier molecular flexibility index (Phi) is 6.02. The molecule has 32 heavy (non-hydrogen) atoms. The average molecular weight is 462 g/mol. The van der Waals surface area contributed by atoms with E-state index in [1.165, 1.54) is 6.07 Å². The maximum atomic E-state index is 15.0. The number of benzene rings is 1. The van der Waals surface area contributed by atoms with Gasteiger partial charge in [-0.2, -0.15) is 4.98 Å². The van der Waals surface area contributed by atoms with Gasteiger partial charge in [0.25, 0.3) is 0 Å². The maximum absolute atomic E-state index is 15.0. The first-order valence-electron chi connectivity index (χ1n) is 10.4. The summed E-state index contributed by atoms with van der Waals surface area (Å²) >= 11 is 0. The van der Waals surface area contributed by atoms with Crippen LogP contribution < -0.4 is 4.90 Å². The topological polar surface area (TPSA) is 116 Å². The molecule has 1 aliphatic heterocycles. The number of hydrogen-bond acceptors (Lipinski definition) is 7. The molecule has 170 valence electrons. The molecule has 0 atom stereocenters. The van der Waals surface area contributed by atoms with Gasteiger partial charge in [0.1, 0.15) is 22.5 Å². The fourth-order valence-electron chi connectivity index (χ4n) is 4.25. The Hall–Kier alpha value is -2.82. The van der Waals surface area contributed by atoms with Crippen LogP contribution in [0.3, 0.4) is 0 Å². The molecule has 0 radical (unpaired) electrons. The number of hydrogen-bond donors (Lipinski definition) is 3. The van der Waals surface area contributed by atoms with Crippen LogP contribution in [0.5, 0.6) is 0 Å². The van der Waals surface area contributed by atoms with Crippen LogP contribution in [0.2, 0.25) is 0 Å². The lowest BCUT2D eigenvalue weighted by Crippen LogP contribution is -2.44. The van der Waals surface area contributed by atoms with Crippen LogP contribution in [0.4, 0.5) is 10.3 Å². The Bertz CT molecular complexity index is 1240. The average Bonchev–Trinajstić information content (AvgIpc) is 3.45. The first-order chi connectivity index (χ1) is 15.1. The van der Waals surface area contributed by atoms with Gasteiger partial charge in [0.05, 0.1) is 31.4 Å². The quantitative estimate of drug-likeness (QED) is 0.418. The van der Waals surface area contributed by atoms with Gasteiger partial charge in [-0.05, 0) is 31.9 Å². The van der Waals surface area contributed by atoms with Crippen molar-refractivity contribution in [2.24, 2.45) is 5.41 Å². The zero-order valence-corrected chi connectivity index (χ0v) is 18.4. The van der Waals surface area contributed by atoms with E-state index in [1.54, 1.807) is 17.2 Å². The summed E-state index contributed by atoms with van der Waals surface area (Å²) in [6.07, 6.45) is 4.45. The molecule has 9 nitrogen and oxygen atoms in total. The number of aliphatic hydroxyl groups excluding tert-OH is 2. The summed E-state index contributed by atoms with van der Waals surface area (Å²) in [5.41, 5.74) is 2.87. The normalized spacial score (nSPS) is 15.9. The highest BCUT2D eigenvalue weighted by Crippen LogP contribution is 2.34. The first kappa shape index (κ1) is 22.4. The van der Waals surface area contributed by atoms with Gasteiger partial charge in [-0.25, -0.2) is 19.3 Å². The number of nitrogens with zero attached hydrogens (tertiary/aromatic N) is 6. The van der Waals surface area contributed by atoms with E-state index in [0.29, 0.717) is 71.9 Å². The molecule has 0 unspecified atom stereocenters. The predicted molar refractivity (Wildman–Crippen MR) is 121 cm³/mol. The maximum Gasteiger partial charge on any atom is 0.228 e. The molecule has 1 aromatic carbocycles. The molecule has 1 aliphatic rings. The van der Waals surface area contributed by atoms with E-state index in [9.17, 15) is 14.6 Å². The lowest BCUT2D eigenvalue weighted by molar-refractivity contribution is 0.0338. The lowest BCUT2D eigenvalue weighted by atomic mass is 9.80. The summed E-state index contributed by atoms with van der Waals surface area (Å²) in [6, 6.07) is 3.30. The van der Waals surface area contributed by atoms with Crippen molar-refractivity contribution in [3.8, 4) is 11.3 Å². The third-order valence-corrected chi connectivity index (χ3v) is 6.33. The summed E-state index contributed by atoms with van der Waals surface area (Å²) < 4.78 is 16.7. The molecule has 0 saturated carbocycles. The van der Waals surface area contributed by atoms with Crippen molar-refractivity contribution in [1.82, 2.24) is 29.5 Å². The Labute approximate surface area is 189 Å². The Balaban J connectivity index is 0.00000245. The number of halogens is 2. The van der Waals surface area contributed by atoms with E-state index in [0.717, 1.165) is 0 Å². The van der Waals surface area contributed by atoms with Crippen LogP contribution in [-0.2, 0) is 6.54 Å². The lowest BCUT2D eigenvalue weighted by Gasteiger charge is -2.39. The number of aromatic nitrogens is 6.